The van der Waals surface area contributed by atoms with Crippen molar-refractivity contribution >= 4 is 27.3 Å². The van der Waals surface area contributed by atoms with Crippen molar-refractivity contribution in [3.63, 3.8) is 0 Å². The fourth-order valence-corrected chi connectivity index (χ4v) is 2.87. The minimum atomic E-state index is 0.0551. The van der Waals surface area contributed by atoms with Crippen molar-refractivity contribution < 1.29 is 5.11 Å². The molecule has 0 spiro atoms. The molecule has 1 aliphatic rings. The molecule has 1 aliphatic carbocycles. The molecule has 1 saturated carbocycles. The molecule has 0 amide bonds. The van der Waals surface area contributed by atoms with Gasteiger partial charge in [0.1, 0.15) is 0 Å². The van der Waals surface area contributed by atoms with Crippen LogP contribution in [-0.4, -0.2) is 18.3 Å². The van der Waals surface area contributed by atoms with E-state index < -0.39 is 0 Å². The lowest BCUT2D eigenvalue weighted by Crippen LogP contribution is -2.30. The summed E-state index contributed by atoms with van der Waals surface area (Å²) in [4.78, 5) is 0. The van der Waals surface area contributed by atoms with Gasteiger partial charge in [0.15, 0.2) is 0 Å². The number of benzene rings is 1. The van der Waals surface area contributed by atoms with Gasteiger partial charge in [0, 0.05) is 16.4 Å². The maximum Gasteiger partial charge on any atom is 0.0574 e. The van der Waals surface area contributed by atoms with E-state index in [-0.39, 0.29) is 12.0 Å². The number of rotatable bonds is 4. The number of nitrogens with two attached hydrogens (primary N) is 1. The van der Waals surface area contributed by atoms with Crippen molar-refractivity contribution in [2.24, 2.45) is 5.41 Å². The number of nitrogens with one attached hydrogen (secondary N) is 1. The van der Waals surface area contributed by atoms with Crippen LogP contribution in [0.15, 0.2) is 22.7 Å². The quantitative estimate of drug-likeness (QED) is 0.749. The molecule has 1 aromatic rings. The number of anilines is 2. The van der Waals surface area contributed by atoms with Crippen LogP contribution in [0.25, 0.3) is 0 Å². The minimum absolute atomic E-state index is 0.0551. The van der Waals surface area contributed by atoms with Gasteiger partial charge in [-0.25, -0.2) is 0 Å². The first-order valence-corrected chi connectivity index (χ1v) is 6.84. The lowest BCUT2D eigenvalue weighted by Gasteiger charge is -2.27. The number of aliphatic hydroxyl groups is 1. The van der Waals surface area contributed by atoms with Gasteiger partial charge in [0.2, 0.25) is 0 Å². The van der Waals surface area contributed by atoms with E-state index in [1.165, 1.54) is 12.8 Å². The Hall–Kier alpha value is -0.740. The molecular weight excluding hydrogens is 280 g/mol. The molecule has 0 radical (unpaired) electrons. The molecule has 0 aliphatic heterocycles. The first-order valence-electron chi connectivity index (χ1n) is 6.05. The zero-order valence-corrected chi connectivity index (χ0v) is 11.5. The molecule has 17 heavy (non-hydrogen) atoms. The van der Waals surface area contributed by atoms with E-state index in [9.17, 15) is 5.11 Å². The molecule has 3 nitrogen and oxygen atoms in total. The second-order valence-corrected chi connectivity index (χ2v) is 5.87. The maximum absolute atomic E-state index is 9.53. The second kappa shape index (κ2) is 5.27. The fourth-order valence-electron chi connectivity index (χ4n) is 2.49. The summed E-state index contributed by atoms with van der Waals surface area (Å²) in [5, 5.41) is 12.9. The molecule has 0 saturated heterocycles. The largest absolute Gasteiger partial charge is 0.397 e. The Bertz CT molecular complexity index is 389. The normalized spacial score (nSPS) is 18.2. The van der Waals surface area contributed by atoms with Crippen LogP contribution >= 0.6 is 15.9 Å². The lowest BCUT2D eigenvalue weighted by atomic mass is 9.87. The predicted octanol–water partition coefficient (Wildman–Crippen LogP) is 3.00. The summed E-state index contributed by atoms with van der Waals surface area (Å²) in [6.45, 7) is 1.06. The number of halogens is 1. The van der Waals surface area contributed by atoms with Gasteiger partial charge < -0.3 is 16.2 Å². The zero-order chi connectivity index (χ0) is 12.3. The molecule has 0 heterocycles. The SMILES string of the molecule is Nc1cc(Br)ccc1NCC1(CO)CCCC1. The molecule has 1 aromatic carbocycles. The van der Waals surface area contributed by atoms with E-state index >= 15 is 0 Å². The highest BCUT2D eigenvalue weighted by atomic mass is 79.9. The molecule has 2 rings (SSSR count). The molecule has 4 N–H and O–H groups in total. The Morgan fingerprint density at radius 3 is 2.65 bits per heavy atom. The van der Waals surface area contributed by atoms with E-state index in [1.54, 1.807) is 0 Å². The number of hydrogen-bond acceptors (Lipinski definition) is 3. The average Bonchev–Trinajstić information content (AvgIpc) is 2.77. The van der Waals surface area contributed by atoms with Crippen LogP contribution in [0.2, 0.25) is 0 Å². The molecular formula is C13H19BrN2O. The van der Waals surface area contributed by atoms with Crippen molar-refractivity contribution in [2.75, 3.05) is 24.2 Å². The first kappa shape index (κ1) is 12.7. The van der Waals surface area contributed by atoms with E-state index in [2.05, 4.69) is 21.2 Å². The Morgan fingerprint density at radius 2 is 2.06 bits per heavy atom. The Labute approximate surface area is 111 Å². The second-order valence-electron chi connectivity index (χ2n) is 4.95. The van der Waals surface area contributed by atoms with Crippen molar-refractivity contribution in [2.45, 2.75) is 25.7 Å². The summed E-state index contributed by atoms with van der Waals surface area (Å²) in [6.07, 6.45) is 4.65. The molecule has 0 unspecified atom stereocenters. The van der Waals surface area contributed by atoms with Crippen molar-refractivity contribution in [3.8, 4) is 0 Å². The van der Waals surface area contributed by atoms with E-state index in [0.717, 1.165) is 35.2 Å². The monoisotopic (exact) mass is 298 g/mol. The summed E-state index contributed by atoms with van der Waals surface area (Å²) in [7, 11) is 0. The third-order valence-corrected chi connectivity index (χ3v) is 4.16. The average molecular weight is 299 g/mol. The van der Waals surface area contributed by atoms with Crippen molar-refractivity contribution in [1.29, 1.82) is 0 Å². The Morgan fingerprint density at radius 1 is 1.35 bits per heavy atom. The maximum atomic E-state index is 9.53. The molecule has 0 atom stereocenters. The predicted molar refractivity (Wildman–Crippen MR) is 75.0 cm³/mol. The zero-order valence-electron chi connectivity index (χ0n) is 9.88. The summed E-state index contributed by atoms with van der Waals surface area (Å²) in [5.74, 6) is 0. The van der Waals surface area contributed by atoms with E-state index in [1.807, 2.05) is 18.2 Å². The lowest BCUT2D eigenvalue weighted by molar-refractivity contribution is 0.142. The molecule has 0 bridgehead atoms. The topological polar surface area (TPSA) is 58.3 Å². The summed E-state index contributed by atoms with van der Waals surface area (Å²) in [5.41, 5.74) is 7.68. The van der Waals surface area contributed by atoms with Gasteiger partial charge in [-0.2, -0.15) is 0 Å². The molecule has 4 heteroatoms. The number of hydrogen-bond donors (Lipinski definition) is 3. The standard InChI is InChI=1S/C13H19BrN2O/c14-10-3-4-12(11(15)7-10)16-8-13(9-17)5-1-2-6-13/h3-4,7,16-17H,1-2,5-6,8-9,15H2. The summed E-state index contributed by atoms with van der Waals surface area (Å²) >= 11 is 3.39. The van der Waals surface area contributed by atoms with Crippen LogP contribution in [0.3, 0.4) is 0 Å². The van der Waals surface area contributed by atoms with Gasteiger partial charge >= 0.3 is 0 Å². The third-order valence-electron chi connectivity index (χ3n) is 3.67. The van der Waals surface area contributed by atoms with E-state index in [4.69, 9.17) is 5.73 Å². The number of aliphatic hydroxyl groups excluding tert-OH is 1. The van der Waals surface area contributed by atoms with Crippen LogP contribution in [0.1, 0.15) is 25.7 Å². The highest BCUT2D eigenvalue weighted by Crippen LogP contribution is 2.38. The van der Waals surface area contributed by atoms with Gasteiger partial charge in [-0.1, -0.05) is 28.8 Å². The third kappa shape index (κ3) is 2.93. The smallest absolute Gasteiger partial charge is 0.0574 e. The summed E-state index contributed by atoms with van der Waals surface area (Å²) < 4.78 is 0.985. The van der Waals surface area contributed by atoms with Crippen LogP contribution in [0.5, 0.6) is 0 Å². The van der Waals surface area contributed by atoms with Crippen molar-refractivity contribution in [3.05, 3.63) is 22.7 Å². The molecule has 1 fully saturated rings. The molecule has 94 valence electrons. The minimum Gasteiger partial charge on any atom is -0.397 e. The molecule has 0 aromatic heterocycles. The van der Waals surface area contributed by atoms with Crippen molar-refractivity contribution in [1.82, 2.24) is 0 Å². The summed E-state index contributed by atoms with van der Waals surface area (Å²) in [6, 6.07) is 5.83. The highest BCUT2D eigenvalue weighted by Gasteiger charge is 2.32. The van der Waals surface area contributed by atoms with Gasteiger partial charge in [0.05, 0.1) is 18.0 Å². The van der Waals surface area contributed by atoms with E-state index in [0.29, 0.717) is 0 Å². The van der Waals surface area contributed by atoms with Crippen LogP contribution < -0.4 is 11.1 Å². The van der Waals surface area contributed by atoms with Crippen LogP contribution in [-0.2, 0) is 0 Å². The Balaban J connectivity index is 2.01. The van der Waals surface area contributed by atoms with Crippen LogP contribution in [0, 0.1) is 5.41 Å². The highest BCUT2D eigenvalue weighted by molar-refractivity contribution is 9.10. The van der Waals surface area contributed by atoms with Gasteiger partial charge in [-0.15, -0.1) is 0 Å². The van der Waals surface area contributed by atoms with Gasteiger partial charge in [-0.3, -0.25) is 0 Å². The van der Waals surface area contributed by atoms with Gasteiger partial charge in [0.25, 0.3) is 0 Å². The first-order chi connectivity index (χ1) is 8.15. The Kier molecular flexibility index (Phi) is 3.94. The fraction of sp³-hybridized carbons (Fsp3) is 0.538. The van der Waals surface area contributed by atoms with Gasteiger partial charge in [-0.05, 0) is 31.0 Å². The van der Waals surface area contributed by atoms with Crippen LogP contribution in [0.4, 0.5) is 11.4 Å². The number of nitrogen functional groups attached to an aromatic ring is 1.